The summed E-state index contributed by atoms with van der Waals surface area (Å²) in [5.74, 6) is 0.115. The number of methoxy groups -OCH3 is 2. The van der Waals surface area contributed by atoms with Crippen molar-refractivity contribution in [2.75, 3.05) is 27.4 Å². The first-order valence-electron chi connectivity index (χ1n) is 8.44. The number of rotatable bonds is 6. The van der Waals surface area contributed by atoms with Gasteiger partial charge in [-0.15, -0.1) is 0 Å². The van der Waals surface area contributed by atoms with Crippen LogP contribution in [0.25, 0.3) is 6.08 Å². The van der Waals surface area contributed by atoms with Crippen LogP contribution in [0.15, 0.2) is 56.8 Å². The molecular weight excluding hydrogens is 444 g/mol. The quantitative estimate of drug-likeness (QED) is 0.643. The van der Waals surface area contributed by atoms with Crippen LogP contribution in [0.3, 0.4) is 0 Å². The van der Waals surface area contributed by atoms with E-state index in [1.165, 1.54) is 18.9 Å². The van der Waals surface area contributed by atoms with Gasteiger partial charge in [0.05, 0.1) is 30.9 Å². The van der Waals surface area contributed by atoms with Gasteiger partial charge in [0, 0.05) is 17.1 Å². The Labute approximate surface area is 176 Å². The third kappa shape index (κ3) is 4.57. The summed E-state index contributed by atoms with van der Waals surface area (Å²) in [6.07, 6.45) is 1.64. The molecule has 8 heteroatoms. The van der Waals surface area contributed by atoms with E-state index in [1.54, 1.807) is 30.2 Å². The zero-order valence-electron chi connectivity index (χ0n) is 15.4. The highest BCUT2D eigenvalue weighted by Crippen LogP contribution is 2.39. The first kappa shape index (κ1) is 20.4. The summed E-state index contributed by atoms with van der Waals surface area (Å²) < 4.78 is 11.0. The fraction of sp³-hybridized carbons (Fsp3) is 0.200. The number of carbonyl (C=O) groups is 1. The summed E-state index contributed by atoms with van der Waals surface area (Å²) in [7, 11) is 3.06. The van der Waals surface area contributed by atoms with Crippen LogP contribution in [-0.2, 0) is 9.53 Å². The molecule has 2 aromatic rings. The first-order chi connectivity index (χ1) is 13.5. The SMILES string of the molecule is COCCN1C(=O)/C(=C\c2cc(Br)cc(OC)c2O)SC1=Nc1ccccc1. The highest BCUT2D eigenvalue weighted by molar-refractivity contribution is 9.10. The van der Waals surface area contributed by atoms with Crippen molar-refractivity contribution in [3.63, 3.8) is 0 Å². The van der Waals surface area contributed by atoms with Gasteiger partial charge in [-0.1, -0.05) is 34.1 Å². The molecular formula is C20H19BrN2O4S. The minimum absolute atomic E-state index is 0.0245. The maximum Gasteiger partial charge on any atom is 0.266 e. The van der Waals surface area contributed by atoms with Crippen LogP contribution in [0.4, 0.5) is 5.69 Å². The Morgan fingerprint density at radius 1 is 1.25 bits per heavy atom. The average Bonchev–Trinajstić information content (AvgIpc) is 2.98. The number of aromatic hydroxyl groups is 1. The molecule has 3 rings (SSSR count). The lowest BCUT2D eigenvalue weighted by Crippen LogP contribution is -2.32. The predicted molar refractivity (Wildman–Crippen MR) is 115 cm³/mol. The van der Waals surface area contributed by atoms with E-state index >= 15 is 0 Å². The Morgan fingerprint density at radius 2 is 2.00 bits per heavy atom. The van der Waals surface area contributed by atoms with Crippen molar-refractivity contribution < 1.29 is 19.4 Å². The fourth-order valence-corrected chi connectivity index (χ4v) is 4.06. The standard InChI is InChI=1S/C20H19BrN2O4S/c1-26-9-8-23-19(25)17(28-20(23)22-15-6-4-3-5-7-15)11-13-10-14(21)12-16(27-2)18(13)24/h3-7,10-12,24H,8-9H2,1-2H3/b17-11+,22-20?. The Kier molecular flexibility index (Phi) is 6.77. The second-order valence-electron chi connectivity index (χ2n) is 5.84. The van der Waals surface area contributed by atoms with E-state index < -0.39 is 0 Å². The van der Waals surface area contributed by atoms with Crippen LogP contribution in [0.2, 0.25) is 0 Å². The number of halogens is 1. The molecule has 0 spiro atoms. The topological polar surface area (TPSA) is 71.4 Å². The third-order valence-corrected chi connectivity index (χ3v) is 5.43. The van der Waals surface area contributed by atoms with Gasteiger partial charge in [0.25, 0.3) is 5.91 Å². The van der Waals surface area contributed by atoms with Gasteiger partial charge in [-0.25, -0.2) is 4.99 Å². The van der Waals surface area contributed by atoms with Crippen molar-refractivity contribution in [2.45, 2.75) is 0 Å². The second-order valence-corrected chi connectivity index (χ2v) is 7.76. The highest BCUT2D eigenvalue weighted by Gasteiger charge is 2.33. The minimum Gasteiger partial charge on any atom is -0.504 e. The van der Waals surface area contributed by atoms with Crippen molar-refractivity contribution in [2.24, 2.45) is 4.99 Å². The van der Waals surface area contributed by atoms with Crippen molar-refractivity contribution in [1.82, 2.24) is 4.90 Å². The number of amidine groups is 1. The number of amides is 1. The molecule has 146 valence electrons. The van der Waals surface area contributed by atoms with E-state index in [1.807, 2.05) is 30.3 Å². The van der Waals surface area contributed by atoms with Gasteiger partial charge >= 0.3 is 0 Å². The zero-order valence-corrected chi connectivity index (χ0v) is 17.8. The van der Waals surface area contributed by atoms with Crippen LogP contribution in [0.5, 0.6) is 11.5 Å². The smallest absolute Gasteiger partial charge is 0.266 e. The molecule has 0 aromatic heterocycles. The minimum atomic E-state index is -0.185. The predicted octanol–water partition coefficient (Wildman–Crippen LogP) is 4.41. The number of phenols is 1. The number of nitrogens with zero attached hydrogens (tertiary/aromatic N) is 2. The van der Waals surface area contributed by atoms with Crippen molar-refractivity contribution >= 4 is 50.5 Å². The lowest BCUT2D eigenvalue weighted by atomic mass is 10.1. The van der Waals surface area contributed by atoms with Gasteiger partial charge in [0.15, 0.2) is 16.7 Å². The Balaban J connectivity index is 1.99. The lowest BCUT2D eigenvalue weighted by molar-refractivity contribution is -0.122. The van der Waals surface area contributed by atoms with E-state index in [9.17, 15) is 9.90 Å². The molecule has 1 heterocycles. The number of hydrogen-bond acceptors (Lipinski definition) is 6. The summed E-state index contributed by atoms with van der Waals surface area (Å²) in [4.78, 5) is 19.6. The highest BCUT2D eigenvalue weighted by atomic mass is 79.9. The Bertz CT molecular complexity index is 931. The van der Waals surface area contributed by atoms with E-state index in [0.717, 1.165) is 10.2 Å². The van der Waals surface area contributed by atoms with Crippen LogP contribution in [0, 0.1) is 0 Å². The number of thioether (sulfide) groups is 1. The molecule has 6 nitrogen and oxygen atoms in total. The third-order valence-electron chi connectivity index (χ3n) is 3.96. The molecule has 1 aliphatic heterocycles. The normalized spacial score (nSPS) is 17.0. The summed E-state index contributed by atoms with van der Waals surface area (Å²) in [5.41, 5.74) is 1.24. The Morgan fingerprint density at radius 3 is 2.68 bits per heavy atom. The zero-order chi connectivity index (χ0) is 20.1. The second kappa shape index (κ2) is 9.27. The van der Waals surface area contributed by atoms with E-state index in [0.29, 0.717) is 34.5 Å². The molecule has 0 aliphatic carbocycles. The van der Waals surface area contributed by atoms with Crippen molar-refractivity contribution in [3.8, 4) is 11.5 Å². The Hall–Kier alpha value is -2.29. The largest absolute Gasteiger partial charge is 0.504 e. The van der Waals surface area contributed by atoms with Gasteiger partial charge in [-0.3, -0.25) is 9.69 Å². The van der Waals surface area contributed by atoms with Crippen molar-refractivity contribution in [1.29, 1.82) is 0 Å². The molecule has 0 unspecified atom stereocenters. The van der Waals surface area contributed by atoms with Crippen LogP contribution >= 0.6 is 27.7 Å². The molecule has 0 saturated carbocycles. The van der Waals surface area contributed by atoms with Crippen LogP contribution in [-0.4, -0.2) is 48.5 Å². The molecule has 1 N–H and O–H groups in total. The summed E-state index contributed by atoms with van der Waals surface area (Å²) >= 11 is 4.65. The molecule has 0 atom stereocenters. The molecule has 28 heavy (non-hydrogen) atoms. The van der Waals surface area contributed by atoms with Gasteiger partial charge in [-0.05, 0) is 42.1 Å². The van der Waals surface area contributed by atoms with Crippen LogP contribution in [0.1, 0.15) is 5.56 Å². The summed E-state index contributed by atoms with van der Waals surface area (Å²) in [6, 6.07) is 12.8. The number of aliphatic imine (C=N–C) groups is 1. The molecule has 1 amide bonds. The number of ether oxygens (including phenoxy) is 2. The van der Waals surface area contributed by atoms with Gasteiger partial charge < -0.3 is 14.6 Å². The summed E-state index contributed by atoms with van der Waals surface area (Å²) in [6.45, 7) is 0.780. The number of benzene rings is 2. The van der Waals surface area contributed by atoms with Crippen LogP contribution < -0.4 is 4.74 Å². The van der Waals surface area contributed by atoms with Gasteiger partial charge in [0.2, 0.25) is 0 Å². The molecule has 1 saturated heterocycles. The number of para-hydroxylation sites is 1. The maximum atomic E-state index is 12.9. The van der Waals surface area contributed by atoms with Crippen molar-refractivity contribution in [3.05, 3.63) is 57.4 Å². The van der Waals surface area contributed by atoms with E-state index in [2.05, 4.69) is 20.9 Å². The monoisotopic (exact) mass is 462 g/mol. The van der Waals surface area contributed by atoms with E-state index in [4.69, 9.17) is 9.47 Å². The fourth-order valence-electron chi connectivity index (χ4n) is 2.59. The first-order valence-corrected chi connectivity index (χ1v) is 10.0. The number of phenolic OH excluding ortho intramolecular Hbond substituents is 1. The molecule has 2 aromatic carbocycles. The average molecular weight is 463 g/mol. The van der Waals surface area contributed by atoms with Gasteiger partial charge in [0.1, 0.15) is 0 Å². The lowest BCUT2D eigenvalue weighted by Gasteiger charge is -2.14. The summed E-state index contributed by atoms with van der Waals surface area (Å²) in [5, 5.41) is 11.0. The molecule has 0 bridgehead atoms. The molecule has 1 aliphatic rings. The number of carbonyl (C=O) groups excluding carboxylic acids is 1. The molecule has 1 fully saturated rings. The molecule has 0 radical (unpaired) electrons. The van der Waals surface area contributed by atoms with Gasteiger partial charge in [-0.2, -0.15) is 0 Å². The number of hydrogen-bond donors (Lipinski definition) is 1. The maximum absolute atomic E-state index is 12.9. The van der Waals surface area contributed by atoms with E-state index in [-0.39, 0.29) is 11.7 Å².